The molecule has 2 aromatic carbocycles. The van der Waals surface area contributed by atoms with Crippen LogP contribution in [0.5, 0.6) is 0 Å². The first-order chi connectivity index (χ1) is 8.56. The number of hydrogen-bond acceptors (Lipinski definition) is 1. The van der Waals surface area contributed by atoms with E-state index in [0.717, 1.165) is 5.56 Å². The number of nitrogens with one attached hydrogen (secondary N) is 1. The van der Waals surface area contributed by atoms with Gasteiger partial charge in [-0.2, -0.15) is 0 Å². The smallest absolute Gasteiger partial charge is 0.255 e. The first kappa shape index (κ1) is 12.3. The summed E-state index contributed by atoms with van der Waals surface area (Å²) in [6, 6.07) is 11.9. The number of carbonyl (C=O) groups excluding carboxylic acids is 1. The summed E-state index contributed by atoms with van der Waals surface area (Å²) in [7, 11) is 0. The van der Waals surface area contributed by atoms with E-state index in [1.54, 1.807) is 31.2 Å². The number of rotatable bonds is 2. The van der Waals surface area contributed by atoms with Crippen LogP contribution in [0.4, 0.5) is 10.1 Å². The van der Waals surface area contributed by atoms with Gasteiger partial charge >= 0.3 is 0 Å². The average molecular weight is 243 g/mol. The Kier molecular flexibility index (Phi) is 3.42. The summed E-state index contributed by atoms with van der Waals surface area (Å²) in [6.45, 7) is 3.64. The van der Waals surface area contributed by atoms with Gasteiger partial charge in [-0.25, -0.2) is 4.39 Å². The van der Waals surface area contributed by atoms with E-state index in [0.29, 0.717) is 16.8 Å². The topological polar surface area (TPSA) is 29.1 Å². The van der Waals surface area contributed by atoms with E-state index in [4.69, 9.17) is 0 Å². The van der Waals surface area contributed by atoms with Crippen molar-refractivity contribution in [3.05, 3.63) is 65.0 Å². The maximum Gasteiger partial charge on any atom is 0.255 e. The minimum Gasteiger partial charge on any atom is -0.322 e. The molecule has 0 heterocycles. The molecule has 2 nitrogen and oxygen atoms in total. The van der Waals surface area contributed by atoms with Gasteiger partial charge in [-0.3, -0.25) is 4.79 Å². The maximum absolute atomic E-state index is 13.3. The number of benzene rings is 2. The second-order valence-corrected chi connectivity index (χ2v) is 4.28. The summed E-state index contributed by atoms with van der Waals surface area (Å²) in [6.07, 6.45) is 0. The summed E-state index contributed by atoms with van der Waals surface area (Å²) in [5.41, 5.74) is 2.67. The van der Waals surface area contributed by atoms with Crippen molar-refractivity contribution in [2.45, 2.75) is 13.8 Å². The molecule has 0 aliphatic carbocycles. The van der Waals surface area contributed by atoms with Gasteiger partial charge in [0.15, 0.2) is 0 Å². The molecule has 18 heavy (non-hydrogen) atoms. The summed E-state index contributed by atoms with van der Waals surface area (Å²) in [4.78, 5) is 11.9. The Bertz CT molecular complexity index is 576. The van der Waals surface area contributed by atoms with Gasteiger partial charge in [0.1, 0.15) is 5.82 Å². The van der Waals surface area contributed by atoms with Gasteiger partial charge in [0.2, 0.25) is 0 Å². The molecule has 0 aliphatic rings. The summed E-state index contributed by atoms with van der Waals surface area (Å²) in [5.74, 6) is -0.560. The monoisotopic (exact) mass is 243 g/mol. The minimum absolute atomic E-state index is 0.238. The Hall–Kier alpha value is -2.16. The van der Waals surface area contributed by atoms with Crippen molar-refractivity contribution in [2.75, 3.05) is 5.32 Å². The standard InChI is InChI=1S/C15H14FNO/c1-10-3-6-12(7-4-10)15(18)17-13-8-5-11(2)14(16)9-13/h3-9H,1-2H3,(H,17,18). The molecule has 92 valence electrons. The Morgan fingerprint density at radius 1 is 1.06 bits per heavy atom. The van der Waals surface area contributed by atoms with Crippen LogP contribution in [0.1, 0.15) is 21.5 Å². The van der Waals surface area contributed by atoms with Crippen LogP contribution in [-0.2, 0) is 0 Å². The Morgan fingerprint density at radius 3 is 2.33 bits per heavy atom. The summed E-state index contributed by atoms with van der Waals surface area (Å²) < 4.78 is 13.3. The van der Waals surface area contributed by atoms with E-state index >= 15 is 0 Å². The van der Waals surface area contributed by atoms with Crippen LogP contribution in [-0.4, -0.2) is 5.91 Å². The summed E-state index contributed by atoms with van der Waals surface area (Å²) in [5, 5.41) is 2.67. The molecule has 0 aromatic heterocycles. The van der Waals surface area contributed by atoms with E-state index in [-0.39, 0.29) is 11.7 Å². The average Bonchev–Trinajstić information content (AvgIpc) is 2.34. The predicted molar refractivity (Wildman–Crippen MR) is 70.3 cm³/mol. The van der Waals surface area contributed by atoms with Crippen LogP contribution in [0.25, 0.3) is 0 Å². The predicted octanol–water partition coefficient (Wildman–Crippen LogP) is 3.69. The Labute approximate surface area is 105 Å². The molecule has 0 saturated carbocycles. The molecule has 0 radical (unpaired) electrons. The summed E-state index contributed by atoms with van der Waals surface area (Å²) >= 11 is 0. The highest BCUT2D eigenvalue weighted by Gasteiger charge is 2.06. The van der Waals surface area contributed by atoms with Gasteiger partial charge in [-0.1, -0.05) is 23.8 Å². The second kappa shape index (κ2) is 5.00. The molecular weight excluding hydrogens is 229 g/mol. The van der Waals surface area contributed by atoms with Gasteiger partial charge < -0.3 is 5.32 Å². The third kappa shape index (κ3) is 2.74. The number of anilines is 1. The fourth-order valence-electron chi connectivity index (χ4n) is 1.58. The lowest BCUT2D eigenvalue weighted by molar-refractivity contribution is 0.102. The van der Waals surface area contributed by atoms with Crippen molar-refractivity contribution in [1.29, 1.82) is 0 Å². The van der Waals surface area contributed by atoms with Crippen LogP contribution in [0.15, 0.2) is 42.5 Å². The van der Waals surface area contributed by atoms with Gasteiger partial charge in [0.05, 0.1) is 0 Å². The zero-order chi connectivity index (χ0) is 13.1. The van der Waals surface area contributed by atoms with E-state index in [9.17, 15) is 9.18 Å². The van der Waals surface area contributed by atoms with Gasteiger partial charge in [0.25, 0.3) is 5.91 Å². The van der Waals surface area contributed by atoms with Crippen molar-refractivity contribution in [2.24, 2.45) is 0 Å². The lowest BCUT2D eigenvalue weighted by Crippen LogP contribution is -2.11. The number of amides is 1. The molecule has 0 bridgehead atoms. The number of halogens is 1. The molecule has 0 saturated heterocycles. The van der Waals surface area contributed by atoms with Crippen molar-refractivity contribution in [3.63, 3.8) is 0 Å². The van der Waals surface area contributed by atoms with E-state index in [2.05, 4.69) is 5.32 Å². The normalized spacial score (nSPS) is 10.2. The molecule has 0 unspecified atom stereocenters. The number of carbonyl (C=O) groups is 1. The quantitative estimate of drug-likeness (QED) is 0.856. The van der Waals surface area contributed by atoms with Crippen LogP contribution in [0.3, 0.4) is 0 Å². The largest absolute Gasteiger partial charge is 0.322 e. The van der Waals surface area contributed by atoms with Crippen LogP contribution >= 0.6 is 0 Å². The molecule has 3 heteroatoms. The molecule has 2 aromatic rings. The van der Waals surface area contributed by atoms with E-state index < -0.39 is 0 Å². The zero-order valence-electron chi connectivity index (χ0n) is 10.3. The Balaban J connectivity index is 2.16. The first-order valence-electron chi connectivity index (χ1n) is 5.70. The highest BCUT2D eigenvalue weighted by atomic mass is 19.1. The second-order valence-electron chi connectivity index (χ2n) is 4.28. The zero-order valence-corrected chi connectivity index (χ0v) is 10.3. The highest BCUT2D eigenvalue weighted by Crippen LogP contribution is 2.15. The molecule has 1 amide bonds. The van der Waals surface area contributed by atoms with Crippen LogP contribution in [0, 0.1) is 19.7 Å². The third-order valence-electron chi connectivity index (χ3n) is 2.74. The van der Waals surface area contributed by atoms with Crippen LogP contribution < -0.4 is 5.32 Å². The fourth-order valence-corrected chi connectivity index (χ4v) is 1.58. The van der Waals surface area contributed by atoms with Gasteiger partial charge in [-0.15, -0.1) is 0 Å². The number of hydrogen-bond donors (Lipinski definition) is 1. The van der Waals surface area contributed by atoms with Gasteiger partial charge in [-0.05, 0) is 43.7 Å². The fraction of sp³-hybridized carbons (Fsp3) is 0.133. The van der Waals surface area contributed by atoms with Crippen molar-refractivity contribution < 1.29 is 9.18 Å². The molecule has 0 spiro atoms. The van der Waals surface area contributed by atoms with E-state index in [1.807, 2.05) is 19.1 Å². The van der Waals surface area contributed by atoms with Crippen LogP contribution in [0.2, 0.25) is 0 Å². The van der Waals surface area contributed by atoms with Crippen molar-refractivity contribution in [3.8, 4) is 0 Å². The lowest BCUT2D eigenvalue weighted by Gasteiger charge is -2.06. The van der Waals surface area contributed by atoms with Gasteiger partial charge in [0, 0.05) is 11.3 Å². The SMILES string of the molecule is Cc1ccc(C(=O)Nc2ccc(C)c(F)c2)cc1. The molecular formula is C15H14FNO. The van der Waals surface area contributed by atoms with Crippen molar-refractivity contribution in [1.82, 2.24) is 0 Å². The molecule has 0 atom stereocenters. The minimum atomic E-state index is -0.322. The lowest BCUT2D eigenvalue weighted by atomic mass is 10.1. The third-order valence-corrected chi connectivity index (χ3v) is 2.74. The molecule has 1 N–H and O–H groups in total. The van der Waals surface area contributed by atoms with E-state index in [1.165, 1.54) is 6.07 Å². The molecule has 0 aliphatic heterocycles. The maximum atomic E-state index is 13.3. The molecule has 2 rings (SSSR count). The molecule has 0 fully saturated rings. The first-order valence-corrected chi connectivity index (χ1v) is 5.70. The highest BCUT2D eigenvalue weighted by molar-refractivity contribution is 6.04. The Morgan fingerprint density at radius 2 is 1.72 bits per heavy atom. The van der Waals surface area contributed by atoms with Crippen molar-refractivity contribution >= 4 is 11.6 Å². The number of aryl methyl sites for hydroxylation is 2.